The molecule has 1 heterocycles. The highest BCUT2D eigenvalue weighted by Crippen LogP contribution is 2.02. The second-order valence-electron chi connectivity index (χ2n) is 2.29. The van der Waals surface area contributed by atoms with Crippen LogP contribution in [0.4, 0.5) is 0 Å². The zero-order chi connectivity index (χ0) is 7.40. The van der Waals surface area contributed by atoms with Crippen molar-refractivity contribution in [3.8, 4) is 0 Å². The summed E-state index contributed by atoms with van der Waals surface area (Å²) in [7, 11) is 1.72. The number of hydrogen-bond donors (Lipinski definition) is 2. The van der Waals surface area contributed by atoms with Crippen LogP contribution in [0.2, 0.25) is 0 Å². The maximum absolute atomic E-state index is 5.60. The number of nitrogens with two attached hydrogens (primary N) is 1. The average molecular weight is 139 g/mol. The second-order valence-corrected chi connectivity index (χ2v) is 2.29. The quantitative estimate of drug-likeness (QED) is 0.393. The van der Waals surface area contributed by atoms with Gasteiger partial charge in [0.2, 0.25) is 0 Å². The van der Waals surface area contributed by atoms with Gasteiger partial charge in [-0.2, -0.15) is 0 Å². The van der Waals surface area contributed by atoms with Crippen LogP contribution in [-0.4, -0.2) is 26.0 Å². The van der Waals surface area contributed by atoms with E-state index < -0.39 is 0 Å². The minimum Gasteiger partial charge on any atom is -0.384 e. The van der Waals surface area contributed by atoms with Gasteiger partial charge in [-0.1, -0.05) is 6.08 Å². The predicted molar refractivity (Wildman–Crippen MR) is 43.1 cm³/mol. The van der Waals surface area contributed by atoms with E-state index in [0.717, 1.165) is 19.5 Å². The van der Waals surface area contributed by atoms with Crippen molar-refractivity contribution in [2.24, 2.45) is 10.7 Å². The maximum Gasteiger partial charge on any atom is 0.120 e. The summed E-state index contributed by atoms with van der Waals surface area (Å²) in [6, 6.07) is 0. The highest BCUT2D eigenvalue weighted by molar-refractivity contribution is 5.96. The van der Waals surface area contributed by atoms with E-state index in [1.54, 1.807) is 7.05 Å². The molecule has 3 heteroatoms. The molecule has 3 N–H and O–H groups in total. The Morgan fingerprint density at radius 2 is 2.60 bits per heavy atom. The molecule has 0 atom stereocenters. The van der Waals surface area contributed by atoms with E-state index in [4.69, 9.17) is 5.73 Å². The van der Waals surface area contributed by atoms with Crippen molar-refractivity contribution in [1.82, 2.24) is 5.32 Å². The number of amidine groups is 1. The van der Waals surface area contributed by atoms with Crippen LogP contribution < -0.4 is 11.1 Å². The average Bonchev–Trinajstić information content (AvgIpc) is 2.05. The van der Waals surface area contributed by atoms with Gasteiger partial charge in [-0.3, -0.25) is 4.99 Å². The summed E-state index contributed by atoms with van der Waals surface area (Å²) in [5.74, 6) is 0.682. The minimum atomic E-state index is 0.682. The normalized spacial score (nSPS) is 20.5. The summed E-state index contributed by atoms with van der Waals surface area (Å²) in [4.78, 5) is 3.91. The Morgan fingerprint density at radius 1 is 1.80 bits per heavy atom. The van der Waals surface area contributed by atoms with E-state index in [1.165, 1.54) is 5.57 Å². The summed E-state index contributed by atoms with van der Waals surface area (Å²) in [5.41, 5.74) is 6.78. The molecule has 0 saturated carbocycles. The number of hydrogen-bond acceptors (Lipinski definition) is 2. The predicted octanol–water partition coefficient (Wildman–Crippen LogP) is -0.107. The molecular weight excluding hydrogens is 126 g/mol. The van der Waals surface area contributed by atoms with Crippen LogP contribution in [0, 0.1) is 0 Å². The molecule has 1 rings (SSSR count). The Morgan fingerprint density at radius 3 is 3.10 bits per heavy atom. The van der Waals surface area contributed by atoms with E-state index >= 15 is 0 Å². The van der Waals surface area contributed by atoms with Gasteiger partial charge in [-0.15, -0.1) is 0 Å². The molecule has 56 valence electrons. The van der Waals surface area contributed by atoms with Crippen LogP contribution in [-0.2, 0) is 0 Å². The summed E-state index contributed by atoms with van der Waals surface area (Å²) in [5, 5.41) is 3.21. The van der Waals surface area contributed by atoms with Crippen molar-refractivity contribution in [3.63, 3.8) is 0 Å². The molecule has 0 aromatic carbocycles. The van der Waals surface area contributed by atoms with Gasteiger partial charge in [0.25, 0.3) is 0 Å². The lowest BCUT2D eigenvalue weighted by Crippen LogP contribution is -2.26. The fraction of sp³-hybridized carbons (Fsp3) is 0.571. The highest BCUT2D eigenvalue weighted by Gasteiger charge is 2.04. The van der Waals surface area contributed by atoms with Crippen LogP contribution in [0.5, 0.6) is 0 Å². The Bertz CT molecular complexity index is 170. The third-order valence-electron chi connectivity index (χ3n) is 1.63. The van der Waals surface area contributed by atoms with Crippen molar-refractivity contribution in [1.29, 1.82) is 0 Å². The molecule has 1 aliphatic rings. The van der Waals surface area contributed by atoms with Gasteiger partial charge in [0, 0.05) is 13.6 Å². The Labute approximate surface area is 61.0 Å². The van der Waals surface area contributed by atoms with E-state index in [9.17, 15) is 0 Å². The molecule has 0 bridgehead atoms. The first-order valence-corrected chi connectivity index (χ1v) is 3.47. The molecule has 3 nitrogen and oxygen atoms in total. The van der Waals surface area contributed by atoms with Crippen molar-refractivity contribution in [3.05, 3.63) is 11.6 Å². The van der Waals surface area contributed by atoms with Gasteiger partial charge >= 0.3 is 0 Å². The van der Waals surface area contributed by atoms with Crippen LogP contribution >= 0.6 is 0 Å². The summed E-state index contributed by atoms with van der Waals surface area (Å²) < 4.78 is 0. The summed E-state index contributed by atoms with van der Waals surface area (Å²) >= 11 is 0. The monoisotopic (exact) mass is 139 g/mol. The molecule has 0 saturated heterocycles. The molecule has 0 unspecified atom stereocenters. The minimum absolute atomic E-state index is 0.682. The number of nitrogens with zero attached hydrogens (tertiary/aromatic N) is 1. The standard InChI is InChI=1S/C7H13N3/c1-9-7(8)6-2-4-10-5-3-6/h2,10H,3-5H2,1H3,(H2,8,9). The zero-order valence-corrected chi connectivity index (χ0v) is 6.22. The van der Waals surface area contributed by atoms with Gasteiger partial charge in [0.1, 0.15) is 5.84 Å². The first kappa shape index (κ1) is 7.28. The smallest absolute Gasteiger partial charge is 0.120 e. The molecule has 0 spiro atoms. The molecule has 10 heavy (non-hydrogen) atoms. The van der Waals surface area contributed by atoms with Gasteiger partial charge < -0.3 is 11.1 Å². The Balaban J connectivity index is 2.62. The summed E-state index contributed by atoms with van der Waals surface area (Å²) in [6.45, 7) is 1.94. The molecule has 1 aliphatic heterocycles. The number of rotatable bonds is 1. The van der Waals surface area contributed by atoms with Crippen LogP contribution in [0.1, 0.15) is 6.42 Å². The first-order valence-electron chi connectivity index (χ1n) is 3.47. The van der Waals surface area contributed by atoms with Crippen LogP contribution in [0.15, 0.2) is 16.6 Å². The van der Waals surface area contributed by atoms with Crippen molar-refractivity contribution >= 4 is 5.84 Å². The maximum atomic E-state index is 5.60. The van der Waals surface area contributed by atoms with Crippen molar-refractivity contribution < 1.29 is 0 Å². The lowest BCUT2D eigenvalue weighted by Gasteiger charge is -2.12. The number of nitrogens with one attached hydrogen (secondary N) is 1. The Hall–Kier alpha value is -0.830. The van der Waals surface area contributed by atoms with Gasteiger partial charge in [0.05, 0.1) is 0 Å². The summed E-state index contributed by atoms with van der Waals surface area (Å²) in [6.07, 6.45) is 3.09. The SMILES string of the molecule is CN=C(N)C1=CCNCC1. The lowest BCUT2D eigenvalue weighted by atomic mass is 10.1. The van der Waals surface area contributed by atoms with Gasteiger partial charge in [0.15, 0.2) is 0 Å². The third kappa shape index (κ3) is 1.57. The lowest BCUT2D eigenvalue weighted by molar-refractivity contribution is 0.716. The van der Waals surface area contributed by atoms with E-state index in [0.29, 0.717) is 5.84 Å². The Kier molecular flexibility index (Phi) is 2.45. The van der Waals surface area contributed by atoms with Crippen molar-refractivity contribution in [2.75, 3.05) is 20.1 Å². The molecule has 0 aromatic heterocycles. The fourth-order valence-corrected chi connectivity index (χ4v) is 0.999. The van der Waals surface area contributed by atoms with E-state index in [-0.39, 0.29) is 0 Å². The molecule has 0 amide bonds. The zero-order valence-electron chi connectivity index (χ0n) is 6.22. The van der Waals surface area contributed by atoms with E-state index in [1.807, 2.05) is 0 Å². The molecular formula is C7H13N3. The molecule has 0 aliphatic carbocycles. The van der Waals surface area contributed by atoms with E-state index in [2.05, 4.69) is 16.4 Å². The molecule has 0 fully saturated rings. The van der Waals surface area contributed by atoms with Crippen LogP contribution in [0.25, 0.3) is 0 Å². The molecule has 0 aromatic rings. The highest BCUT2D eigenvalue weighted by atomic mass is 14.9. The third-order valence-corrected chi connectivity index (χ3v) is 1.63. The topological polar surface area (TPSA) is 50.4 Å². The van der Waals surface area contributed by atoms with Gasteiger partial charge in [-0.25, -0.2) is 0 Å². The number of aliphatic imine (C=N–C) groups is 1. The molecule has 0 radical (unpaired) electrons. The van der Waals surface area contributed by atoms with Gasteiger partial charge in [-0.05, 0) is 18.5 Å². The fourth-order valence-electron chi connectivity index (χ4n) is 0.999. The first-order chi connectivity index (χ1) is 4.84. The second kappa shape index (κ2) is 3.37. The van der Waals surface area contributed by atoms with Crippen LogP contribution in [0.3, 0.4) is 0 Å². The largest absolute Gasteiger partial charge is 0.384 e. The van der Waals surface area contributed by atoms with Crippen molar-refractivity contribution in [2.45, 2.75) is 6.42 Å².